The fourth-order valence-electron chi connectivity index (χ4n) is 3.98. The molecule has 1 aromatic heterocycles. The summed E-state index contributed by atoms with van der Waals surface area (Å²) in [5.74, 6) is 0.294. The minimum absolute atomic E-state index is 0.129. The first-order chi connectivity index (χ1) is 14.5. The van der Waals surface area contributed by atoms with Crippen molar-refractivity contribution in [2.75, 3.05) is 12.4 Å². The Labute approximate surface area is 181 Å². The molecule has 5 heteroatoms. The number of nitrogens with one attached hydrogen (secondary N) is 2. The molecule has 1 heterocycles. The highest BCUT2D eigenvalue weighted by atomic mass is 32.1. The van der Waals surface area contributed by atoms with E-state index in [1.165, 1.54) is 10.4 Å². The van der Waals surface area contributed by atoms with E-state index in [2.05, 4.69) is 29.7 Å². The Bertz CT molecular complexity index is 1050. The molecule has 0 spiro atoms. The molecule has 154 valence electrons. The molecule has 1 atom stereocenters. The van der Waals surface area contributed by atoms with Crippen molar-refractivity contribution in [2.45, 2.75) is 32.6 Å². The van der Waals surface area contributed by atoms with Crippen LogP contribution in [0.15, 0.2) is 54.6 Å². The molecule has 0 saturated heterocycles. The maximum atomic E-state index is 12.9. The topological polar surface area (TPSA) is 58.2 Å². The number of hydrogen-bond donors (Lipinski definition) is 2. The van der Waals surface area contributed by atoms with Crippen LogP contribution in [-0.4, -0.2) is 18.9 Å². The third-order valence-electron chi connectivity index (χ3n) is 5.66. The molecule has 4 rings (SSSR count). The molecule has 30 heavy (non-hydrogen) atoms. The summed E-state index contributed by atoms with van der Waals surface area (Å²) in [6.45, 7) is 2.23. The first-order valence-corrected chi connectivity index (χ1v) is 11.2. The van der Waals surface area contributed by atoms with Crippen LogP contribution in [0.5, 0.6) is 0 Å². The van der Waals surface area contributed by atoms with Crippen LogP contribution in [0.1, 0.15) is 55.6 Å². The van der Waals surface area contributed by atoms with Gasteiger partial charge in [0.15, 0.2) is 0 Å². The molecule has 1 unspecified atom stereocenters. The number of carbonyl (C=O) groups excluding carboxylic acids is 2. The summed E-state index contributed by atoms with van der Waals surface area (Å²) in [7, 11) is 1.63. The van der Waals surface area contributed by atoms with Crippen molar-refractivity contribution < 1.29 is 9.59 Å². The standard InChI is InChI=1S/C25H26N2O2S/c1-16-8-13-20-21(14-16)30-25(22(20)24(29)26-2)27-23(28)19-11-9-18(10-12-19)15-17-6-4-3-5-7-17/h3-7,9-12,16H,8,13-15H2,1-2H3,(H,26,29)(H,27,28). The minimum atomic E-state index is -0.182. The van der Waals surface area contributed by atoms with E-state index in [-0.39, 0.29) is 11.8 Å². The number of hydrogen-bond acceptors (Lipinski definition) is 3. The number of thiophene rings is 1. The summed E-state index contributed by atoms with van der Waals surface area (Å²) in [6, 6.07) is 17.9. The summed E-state index contributed by atoms with van der Waals surface area (Å²) in [5, 5.41) is 6.39. The van der Waals surface area contributed by atoms with Crippen molar-refractivity contribution in [3.05, 3.63) is 87.3 Å². The predicted octanol–water partition coefficient (Wildman–Crippen LogP) is 5.08. The maximum Gasteiger partial charge on any atom is 0.256 e. The summed E-state index contributed by atoms with van der Waals surface area (Å²) in [4.78, 5) is 26.6. The van der Waals surface area contributed by atoms with Crippen molar-refractivity contribution in [3.8, 4) is 0 Å². The molecule has 1 aliphatic carbocycles. The summed E-state index contributed by atoms with van der Waals surface area (Å²) in [5.41, 5.74) is 4.73. The van der Waals surface area contributed by atoms with Gasteiger partial charge in [0.05, 0.1) is 5.56 Å². The molecule has 2 amide bonds. The van der Waals surface area contributed by atoms with Crippen LogP contribution in [0, 0.1) is 5.92 Å². The lowest BCUT2D eigenvalue weighted by molar-refractivity contribution is 0.0963. The van der Waals surface area contributed by atoms with Gasteiger partial charge in [0.1, 0.15) is 5.00 Å². The quantitative estimate of drug-likeness (QED) is 0.607. The molecule has 2 aromatic carbocycles. The van der Waals surface area contributed by atoms with Crippen LogP contribution in [0.3, 0.4) is 0 Å². The largest absolute Gasteiger partial charge is 0.355 e. The Kier molecular flexibility index (Phi) is 6.00. The zero-order valence-corrected chi connectivity index (χ0v) is 18.1. The number of rotatable bonds is 5. The lowest BCUT2D eigenvalue weighted by atomic mass is 9.88. The molecule has 1 aliphatic rings. The van der Waals surface area contributed by atoms with Gasteiger partial charge in [-0.3, -0.25) is 9.59 Å². The van der Waals surface area contributed by atoms with Gasteiger partial charge in [-0.25, -0.2) is 0 Å². The van der Waals surface area contributed by atoms with Gasteiger partial charge in [-0.1, -0.05) is 49.4 Å². The van der Waals surface area contributed by atoms with E-state index in [0.717, 1.165) is 36.8 Å². The Morgan fingerprint density at radius 1 is 1.00 bits per heavy atom. The third kappa shape index (κ3) is 4.31. The zero-order chi connectivity index (χ0) is 21.1. The van der Waals surface area contributed by atoms with Gasteiger partial charge in [-0.15, -0.1) is 11.3 Å². The molecule has 0 saturated carbocycles. The van der Waals surface area contributed by atoms with Crippen LogP contribution < -0.4 is 10.6 Å². The lowest BCUT2D eigenvalue weighted by Gasteiger charge is -2.18. The van der Waals surface area contributed by atoms with Crippen molar-refractivity contribution >= 4 is 28.2 Å². The van der Waals surface area contributed by atoms with E-state index in [0.29, 0.717) is 22.0 Å². The number of fused-ring (bicyclic) bond motifs is 1. The maximum absolute atomic E-state index is 12.9. The van der Waals surface area contributed by atoms with Gasteiger partial charge in [0, 0.05) is 17.5 Å². The molecule has 0 aliphatic heterocycles. The van der Waals surface area contributed by atoms with Gasteiger partial charge in [-0.2, -0.15) is 0 Å². The highest BCUT2D eigenvalue weighted by molar-refractivity contribution is 7.17. The highest BCUT2D eigenvalue weighted by Gasteiger charge is 2.28. The van der Waals surface area contributed by atoms with Crippen molar-refractivity contribution in [2.24, 2.45) is 5.92 Å². The average molecular weight is 419 g/mol. The number of amides is 2. The second-order valence-corrected chi connectivity index (χ2v) is 9.05. The summed E-state index contributed by atoms with van der Waals surface area (Å²) >= 11 is 1.54. The second-order valence-electron chi connectivity index (χ2n) is 7.95. The van der Waals surface area contributed by atoms with E-state index >= 15 is 0 Å². The fraction of sp³-hybridized carbons (Fsp3) is 0.280. The molecular formula is C25H26N2O2S. The zero-order valence-electron chi connectivity index (χ0n) is 17.3. The van der Waals surface area contributed by atoms with E-state index < -0.39 is 0 Å². The van der Waals surface area contributed by atoms with Crippen LogP contribution in [0.4, 0.5) is 5.00 Å². The second kappa shape index (κ2) is 8.84. The van der Waals surface area contributed by atoms with Crippen molar-refractivity contribution in [1.29, 1.82) is 0 Å². The summed E-state index contributed by atoms with van der Waals surface area (Å²) < 4.78 is 0. The van der Waals surface area contributed by atoms with Gasteiger partial charge >= 0.3 is 0 Å². The monoisotopic (exact) mass is 418 g/mol. The number of carbonyl (C=O) groups is 2. The Hall–Kier alpha value is -2.92. The average Bonchev–Trinajstić information content (AvgIpc) is 3.11. The van der Waals surface area contributed by atoms with E-state index in [9.17, 15) is 9.59 Å². The summed E-state index contributed by atoms with van der Waals surface area (Å²) in [6.07, 6.45) is 3.76. The fourth-order valence-corrected chi connectivity index (χ4v) is 5.39. The lowest BCUT2D eigenvalue weighted by Crippen LogP contribution is -2.22. The number of anilines is 1. The molecule has 2 N–H and O–H groups in total. The first-order valence-electron chi connectivity index (χ1n) is 10.4. The minimum Gasteiger partial charge on any atom is -0.355 e. The molecular weight excluding hydrogens is 392 g/mol. The molecule has 4 nitrogen and oxygen atoms in total. The smallest absolute Gasteiger partial charge is 0.256 e. The van der Waals surface area contributed by atoms with E-state index in [4.69, 9.17) is 0 Å². The van der Waals surface area contributed by atoms with Gasteiger partial charge in [0.2, 0.25) is 0 Å². The normalized spacial score (nSPS) is 15.3. The van der Waals surface area contributed by atoms with E-state index in [1.807, 2.05) is 42.5 Å². The first kappa shape index (κ1) is 20.4. The van der Waals surface area contributed by atoms with Crippen LogP contribution in [-0.2, 0) is 19.3 Å². The molecule has 0 bridgehead atoms. The highest BCUT2D eigenvalue weighted by Crippen LogP contribution is 2.39. The SMILES string of the molecule is CNC(=O)c1c(NC(=O)c2ccc(Cc3ccccc3)cc2)sc2c1CCC(C)C2. The van der Waals surface area contributed by atoms with Crippen molar-refractivity contribution in [1.82, 2.24) is 5.32 Å². The predicted molar refractivity (Wildman–Crippen MR) is 123 cm³/mol. The third-order valence-corrected chi connectivity index (χ3v) is 6.83. The van der Waals surface area contributed by atoms with Crippen molar-refractivity contribution in [3.63, 3.8) is 0 Å². The van der Waals surface area contributed by atoms with Crippen LogP contribution in [0.2, 0.25) is 0 Å². The number of benzene rings is 2. The Morgan fingerprint density at radius 3 is 2.40 bits per heavy atom. The molecule has 3 aromatic rings. The molecule has 0 radical (unpaired) electrons. The van der Waals surface area contributed by atoms with Crippen LogP contribution in [0.25, 0.3) is 0 Å². The Balaban J connectivity index is 1.53. The van der Waals surface area contributed by atoms with Gasteiger partial charge in [-0.05, 0) is 60.4 Å². The van der Waals surface area contributed by atoms with Crippen LogP contribution >= 0.6 is 11.3 Å². The Morgan fingerprint density at radius 2 is 1.70 bits per heavy atom. The van der Waals surface area contributed by atoms with Gasteiger partial charge < -0.3 is 10.6 Å². The van der Waals surface area contributed by atoms with E-state index in [1.54, 1.807) is 18.4 Å². The van der Waals surface area contributed by atoms with Gasteiger partial charge in [0.25, 0.3) is 11.8 Å². The molecule has 0 fully saturated rings.